The van der Waals surface area contributed by atoms with E-state index in [1.54, 1.807) is 24.3 Å². The highest BCUT2D eigenvalue weighted by Crippen LogP contribution is 2.18. The van der Waals surface area contributed by atoms with Gasteiger partial charge in [-0.15, -0.1) is 0 Å². The highest BCUT2D eigenvalue weighted by Gasteiger charge is 2.31. The summed E-state index contributed by atoms with van der Waals surface area (Å²) in [6.07, 6.45) is 0.522. The van der Waals surface area contributed by atoms with Crippen molar-refractivity contribution in [3.63, 3.8) is 0 Å². The topological polar surface area (TPSA) is 64.6 Å². The first kappa shape index (κ1) is 13.5. The fourth-order valence-electron chi connectivity index (χ4n) is 2.08. The van der Waals surface area contributed by atoms with E-state index in [-0.39, 0.29) is 23.9 Å². The lowest BCUT2D eigenvalue weighted by Crippen LogP contribution is -2.31. The molecule has 1 fully saturated rings. The molecule has 2 rings (SSSR count). The van der Waals surface area contributed by atoms with Crippen molar-refractivity contribution in [2.75, 3.05) is 13.7 Å². The van der Waals surface area contributed by atoms with Gasteiger partial charge in [-0.3, -0.25) is 9.59 Å². The Morgan fingerprint density at radius 1 is 1.26 bits per heavy atom. The van der Waals surface area contributed by atoms with Crippen molar-refractivity contribution >= 4 is 11.8 Å². The van der Waals surface area contributed by atoms with Crippen LogP contribution in [-0.2, 0) is 9.53 Å². The minimum absolute atomic E-state index is 0.0276. The zero-order valence-electron chi connectivity index (χ0n) is 11.0. The average Bonchev–Trinajstić information content (AvgIpc) is 2.87. The summed E-state index contributed by atoms with van der Waals surface area (Å²) in [5, 5.41) is 3.05. The molecule has 1 heterocycles. The van der Waals surface area contributed by atoms with Crippen molar-refractivity contribution < 1.29 is 19.1 Å². The molecule has 0 aromatic heterocycles. The molecule has 0 radical (unpaired) electrons. The second kappa shape index (κ2) is 5.84. The van der Waals surface area contributed by atoms with E-state index in [2.05, 4.69) is 10.1 Å². The van der Waals surface area contributed by atoms with Crippen LogP contribution in [0.15, 0.2) is 24.3 Å². The standard InChI is InChI=1S/C14H17NO4/c1-9(16)10-3-5-11(6-4-10)19-12-7-13(15-8-12)14(17)18-2/h3-6,12-13,15H,7-8H2,1-2H3/t12-,13-/m0/s1. The molecule has 1 aromatic rings. The molecular weight excluding hydrogens is 246 g/mol. The molecule has 1 aliphatic rings. The van der Waals surface area contributed by atoms with Gasteiger partial charge in [0.25, 0.3) is 0 Å². The third-order valence-electron chi connectivity index (χ3n) is 3.14. The average molecular weight is 263 g/mol. The Kier molecular flexibility index (Phi) is 4.16. The smallest absolute Gasteiger partial charge is 0.323 e. The van der Waals surface area contributed by atoms with E-state index in [9.17, 15) is 9.59 Å². The molecule has 5 heteroatoms. The van der Waals surface area contributed by atoms with Crippen LogP contribution < -0.4 is 10.1 Å². The zero-order chi connectivity index (χ0) is 13.8. The summed E-state index contributed by atoms with van der Waals surface area (Å²) in [5.74, 6) is 0.459. The molecule has 0 amide bonds. The first-order valence-corrected chi connectivity index (χ1v) is 6.19. The summed E-state index contributed by atoms with van der Waals surface area (Å²) >= 11 is 0. The van der Waals surface area contributed by atoms with Crippen LogP contribution in [0.25, 0.3) is 0 Å². The largest absolute Gasteiger partial charge is 0.489 e. The van der Waals surface area contributed by atoms with Gasteiger partial charge in [-0.05, 0) is 31.2 Å². The van der Waals surface area contributed by atoms with Crippen molar-refractivity contribution in [1.82, 2.24) is 5.32 Å². The van der Waals surface area contributed by atoms with E-state index < -0.39 is 0 Å². The van der Waals surface area contributed by atoms with Gasteiger partial charge in [0.05, 0.1) is 7.11 Å². The highest BCUT2D eigenvalue weighted by molar-refractivity contribution is 5.94. The predicted octanol–water partition coefficient (Wildman–Crippen LogP) is 1.17. The van der Waals surface area contributed by atoms with Crippen molar-refractivity contribution in [2.24, 2.45) is 0 Å². The van der Waals surface area contributed by atoms with Crippen molar-refractivity contribution in [3.8, 4) is 5.75 Å². The zero-order valence-corrected chi connectivity index (χ0v) is 11.0. The van der Waals surface area contributed by atoms with Gasteiger partial charge >= 0.3 is 5.97 Å². The van der Waals surface area contributed by atoms with Gasteiger partial charge in [-0.2, -0.15) is 0 Å². The Labute approximate surface area is 111 Å². The van der Waals surface area contributed by atoms with Gasteiger partial charge in [-0.25, -0.2) is 0 Å². The summed E-state index contributed by atoms with van der Waals surface area (Å²) in [7, 11) is 1.37. The van der Waals surface area contributed by atoms with E-state index in [4.69, 9.17) is 4.74 Å². The number of rotatable bonds is 4. The third kappa shape index (κ3) is 3.32. The Bertz CT molecular complexity index is 469. The molecule has 19 heavy (non-hydrogen) atoms. The summed E-state index contributed by atoms with van der Waals surface area (Å²) in [5.41, 5.74) is 0.657. The minimum atomic E-state index is -0.300. The molecule has 0 aliphatic carbocycles. The number of esters is 1. The molecule has 0 bridgehead atoms. The number of methoxy groups -OCH3 is 1. The summed E-state index contributed by atoms with van der Waals surface area (Å²) in [6.45, 7) is 2.13. The Balaban J connectivity index is 1.92. The molecular formula is C14H17NO4. The van der Waals surface area contributed by atoms with Crippen LogP contribution in [0.1, 0.15) is 23.7 Å². The van der Waals surface area contributed by atoms with Crippen LogP contribution in [0.3, 0.4) is 0 Å². The van der Waals surface area contributed by atoms with E-state index in [0.29, 0.717) is 24.3 Å². The summed E-state index contributed by atoms with van der Waals surface area (Å²) in [4.78, 5) is 22.5. The number of hydrogen-bond acceptors (Lipinski definition) is 5. The van der Waals surface area contributed by atoms with Gasteiger partial charge in [0.1, 0.15) is 17.9 Å². The first-order chi connectivity index (χ1) is 9.10. The van der Waals surface area contributed by atoms with E-state index in [1.807, 2.05) is 0 Å². The fraction of sp³-hybridized carbons (Fsp3) is 0.429. The Morgan fingerprint density at radius 2 is 1.95 bits per heavy atom. The fourth-order valence-corrected chi connectivity index (χ4v) is 2.08. The molecule has 2 atom stereocenters. The normalized spacial score (nSPS) is 22.0. The van der Waals surface area contributed by atoms with Gasteiger partial charge in [0.2, 0.25) is 0 Å². The maximum Gasteiger partial charge on any atom is 0.323 e. The van der Waals surface area contributed by atoms with Crippen LogP contribution in [0.4, 0.5) is 0 Å². The maximum atomic E-state index is 11.4. The van der Waals surface area contributed by atoms with Crippen LogP contribution in [-0.4, -0.2) is 37.6 Å². The minimum Gasteiger partial charge on any atom is -0.489 e. The SMILES string of the molecule is COC(=O)[C@@H]1C[C@H](Oc2ccc(C(C)=O)cc2)CN1. The molecule has 1 aromatic carbocycles. The number of carbonyl (C=O) groups excluding carboxylic acids is 2. The number of ether oxygens (including phenoxy) is 2. The van der Waals surface area contributed by atoms with Crippen molar-refractivity contribution in [3.05, 3.63) is 29.8 Å². The monoisotopic (exact) mass is 263 g/mol. The van der Waals surface area contributed by atoms with Crippen molar-refractivity contribution in [2.45, 2.75) is 25.5 Å². The van der Waals surface area contributed by atoms with Crippen LogP contribution in [0.5, 0.6) is 5.75 Å². The molecule has 5 nitrogen and oxygen atoms in total. The summed E-state index contributed by atoms with van der Waals surface area (Å²) < 4.78 is 10.4. The third-order valence-corrected chi connectivity index (χ3v) is 3.14. The number of ketones is 1. The maximum absolute atomic E-state index is 11.4. The lowest BCUT2D eigenvalue weighted by molar-refractivity contribution is -0.142. The lowest BCUT2D eigenvalue weighted by Gasteiger charge is -2.12. The van der Waals surface area contributed by atoms with E-state index in [0.717, 1.165) is 0 Å². The molecule has 102 valence electrons. The number of hydrogen-bond donors (Lipinski definition) is 1. The second-order valence-electron chi connectivity index (χ2n) is 4.54. The highest BCUT2D eigenvalue weighted by atomic mass is 16.5. The molecule has 1 N–H and O–H groups in total. The Hall–Kier alpha value is -1.88. The first-order valence-electron chi connectivity index (χ1n) is 6.19. The predicted molar refractivity (Wildman–Crippen MR) is 69.3 cm³/mol. The molecule has 1 aliphatic heterocycles. The van der Waals surface area contributed by atoms with Gasteiger partial charge in [-0.1, -0.05) is 0 Å². The van der Waals surface area contributed by atoms with Crippen LogP contribution in [0.2, 0.25) is 0 Å². The van der Waals surface area contributed by atoms with Gasteiger partial charge in [0, 0.05) is 18.5 Å². The van der Waals surface area contributed by atoms with Crippen molar-refractivity contribution in [1.29, 1.82) is 0 Å². The molecule has 0 spiro atoms. The lowest BCUT2D eigenvalue weighted by atomic mass is 10.1. The van der Waals surface area contributed by atoms with Gasteiger partial charge in [0.15, 0.2) is 5.78 Å². The molecule has 0 saturated carbocycles. The van der Waals surface area contributed by atoms with Crippen LogP contribution in [0, 0.1) is 0 Å². The number of benzene rings is 1. The second-order valence-corrected chi connectivity index (χ2v) is 4.54. The number of carbonyl (C=O) groups is 2. The molecule has 0 unspecified atom stereocenters. The number of Topliss-reactive ketones (excluding diaryl/α,β-unsaturated/α-hetero) is 1. The molecule has 1 saturated heterocycles. The van der Waals surface area contributed by atoms with E-state index >= 15 is 0 Å². The van der Waals surface area contributed by atoms with E-state index in [1.165, 1.54) is 14.0 Å². The summed E-state index contributed by atoms with van der Waals surface area (Å²) in [6, 6.07) is 6.70. The van der Waals surface area contributed by atoms with Crippen LogP contribution >= 0.6 is 0 Å². The van der Waals surface area contributed by atoms with Gasteiger partial charge < -0.3 is 14.8 Å². The Morgan fingerprint density at radius 3 is 2.53 bits per heavy atom. The quantitative estimate of drug-likeness (QED) is 0.652. The number of nitrogens with one attached hydrogen (secondary N) is 1.